The van der Waals surface area contributed by atoms with Gasteiger partial charge in [0.1, 0.15) is 22.7 Å². The lowest BCUT2D eigenvalue weighted by Gasteiger charge is -2.16. The third-order valence-electron chi connectivity index (χ3n) is 3.27. The number of alkyl carbamates (subject to hydrolysis) is 1. The van der Waals surface area contributed by atoms with E-state index in [1.54, 1.807) is 12.1 Å². The molecule has 1 N–H and O–H groups in total. The lowest BCUT2D eigenvalue weighted by molar-refractivity contribution is -0.136. The van der Waals surface area contributed by atoms with E-state index >= 15 is 0 Å². The number of ether oxygens (including phenoxy) is 2. The van der Waals surface area contributed by atoms with E-state index in [0.29, 0.717) is 0 Å². The van der Waals surface area contributed by atoms with Gasteiger partial charge in [-0.15, -0.1) is 0 Å². The van der Waals surface area contributed by atoms with Crippen LogP contribution in [0.5, 0.6) is 5.75 Å². The minimum Gasteiger partial charge on any atom is -0.445 e. The molecule has 0 aromatic heterocycles. The molecule has 0 saturated heterocycles. The van der Waals surface area contributed by atoms with Gasteiger partial charge >= 0.3 is 12.1 Å². The second-order valence-corrected chi connectivity index (χ2v) is 7.14. The molecule has 1 atom stereocenters. The number of nitrogens with one attached hydrogen (secondary N) is 1. The molecule has 27 heavy (non-hydrogen) atoms. The second-order valence-electron chi connectivity index (χ2n) is 5.25. The normalized spacial score (nSPS) is 11.6. The summed E-state index contributed by atoms with van der Waals surface area (Å²) in [6.45, 7) is 1.45. The van der Waals surface area contributed by atoms with Crippen LogP contribution in [0.15, 0.2) is 30.3 Å². The molecule has 2 aromatic carbocycles. The van der Waals surface area contributed by atoms with Gasteiger partial charge in [-0.1, -0.05) is 88.3 Å². The van der Waals surface area contributed by atoms with Crippen LogP contribution in [0.2, 0.25) is 25.1 Å². The summed E-state index contributed by atoms with van der Waals surface area (Å²) in [4.78, 5) is 24.0. The minimum absolute atomic E-state index is 0.0501. The zero-order valence-electron chi connectivity index (χ0n) is 13.7. The molecule has 1 unspecified atom stereocenters. The van der Waals surface area contributed by atoms with Gasteiger partial charge in [-0.05, 0) is 12.5 Å². The van der Waals surface area contributed by atoms with Gasteiger partial charge in [0, 0.05) is 0 Å². The van der Waals surface area contributed by atoms with E-state index in [9.17, 15) is 9.59 Å². The number of carbonyl (C=O) groups excluding carboxylic acids is 2. The number of halogens is 5. The number of hydrogen-bond donors (Lipinski definition) is 1. The smallest absolute Gasteiger partial charge is 0.408 e. The predicted molar refractivity (Wildman–Crippen MR) is 106 cm³/mol. The van der Waals surface area contributed by atoms with Gasteiger partial charge in [-0.2, -0.15) is 0 Å². The summed E-state index contributed by atoms with van der Waals surface area (Å²) < 4.78 is 10.1. The third kappa shape index (κ3) is 5.56. The van der Waals surface area contributed by atoms with Crippen molar-refractivity contribution < 1.29 is 19.1 Å². The zero-order chi connectivity index (χ0) is 20.1. The van der Waals surface area contributed by atoms with E-state index in [-0.39, 0.29) is 37.5 Å². The molecule has 1 amide bonds. The first kappa shape index (κ1) is 21.9. The summed E-state index contributed by atoms with van der Waals surface area (Å²) in [5.41, 5.74) is 0.798. The van der Waals surface area contributed by atoms with Crippen LogP contribution < -0.4 is 10.1 Å². The molecule has 2 aromatic rings. The Bertz CT molecular complexity index is 831. The van der Waals surface area contributed by atoms with E-state index < -0.39 is 18.1 Å². The van der Waals surface area contributed by atoms with Gasteiger partial charge in [0.05, 0.1) is 15.1 Å². The Balaban J connectivity index is 1.99. The fourth-order valence-electron chi connectivity index (χ4n) is 1.86. The first-order valence-corrected chi connectivity index (χ1v) is 9.31. The first-order chi connectivity index (χ1) is 12.7. The fourth-order valence-corrected chi connectivity index (χ4v) is 3.06. The number of rotatable bonds is 5. The Labute approximate surface area is 180 Å². The maximum Gasteiger partial charge on any atom is 0.408 e. The van der Waals surface area contributed by atoms with Crippen LogP contribution in [0, 0.1) is 0 Å². The molecule has 144 valence electrons. The molecule has 0 fully saturated rings. The van der Waals surface area contributed by atoms with E-state index in [1.807, 2.05) is 18.2 Å². The van der Waals surface area contributed by atoms with Crippen LogP contribution >= 0.6 is 58.0 Å². The molecule has 0 bridgehead atoms. The monoisotopic (exact) mass is 469 g/mol. The zero-order valence-corrected chi connectivity index (χ0v) is 17.5. The lowest BCUT2D eigenvalue weighted by atomic mass is 10.2. The average Bonchev–Trinajstić information content (AvgIpc) is 2.67. The van der Waals surface area contributed by atoms with Crippen molar-refractivity contribution in [3.63, 3.8) is 0 Å². The molecule has 0 aliphatic rings. The van der Waals surface area contributed by atoms with Crippen LogP contribution in [0.3, 0.4) is 0 Å². The van der Waals surface area contributed by atoms with E-state index in [0.717, 1.165) is 5.56 Å². The van der Waals surface area contributed by atoms with Gasteiger partial charge in [-0.25, -0.2) is 9.59 Å². The summed E-state index contributed by atoms with van der Waals surface area (Å²) in [6.07, 6.45) is -0.798. The number of carbonyl (C=O) groups is 2. The molecule has 2 rings (SSSR count). The van der Waals surface area contributed by atoms with E-state index in [2.05, 4.69) is 5.32 Å². The molecule has 0 spiro atoms. The van der Waals surface area contributed by atoms with Crippen LogP contribution in [0.25, 0.3) is 0 Å². The molecule has 0 heterocycles. The number of hydrogen-bond acceptors (Lipinski definition) is 4. The Kier molecular flexibility index (Phi) is 7.89. The van der Waals surface area contributed by atoms with Crippen molar-refractivity contribution >= 4 is 70.1 Å². The summed E-state index contributed by atoms with van der Waals surface area (Å²) >= 11 is 29.7. The third-order valence-corrected chi connectivity index (χ3v) is 5.51. The Morgan fingerprint density at radius 1 is 0.926 bits per heavy atom. The second kappa shape index (κ2) is 9.71. The highest BCUT2D eigenvalue weighted by atomic mass is 35.5. The quantitative estimate of drug-likeness (QED) is 0.245. The molecule has 10 heteroatoms. The molecular weight excluding hydrogens is 459 g/mol. The topological polar surface area (TPSA) is 64.6 Å². The molecule has 0 aliphatic carbocycles. The fraction of sp³-hybridized carbons (Fsp3) is 0.176. The van der Waals surface area contributed by atoms with Crippen molar-refractivity contribution in [3.05, 3.63) is 61.0 Å². The highest BCUT2D eigenvalue weighted by Crippen LogP contribution is 2.48. The Morgan fingerprint density at radius 2 is 1.44 bits per heavy atom. The van der Waals surface area contributed by atoms with Gasteiger partial charge in [-0.3, -0.25) is 0 Å². The van der Waals surface area contributed by atoms with E-state index in [4.69, 9.17) is 67.5 Å². The minimum atomic E-state index is -1.06. The SMILES string of the molecule is CC(NC(=O)OCc1ccccc1)C(=O)Oc1c(Cl)c(Cl)c(Cl)c(Cl)c1Cl. The standard InChI is InChI=1S/C17H12Cl5NO4/c1-8(23-17(25)26-7-9-5-3-2-4-6-9)16(24)27-15-13(21)11(19)10(18)12(20)14(15)22/h2-6,8H,7H2,1H3,(H,23,25). The summed E-state index contributed by atoms with van der Waals surface area (Å²) in [6, 6.07) is 7.99. The highest BCUT2D eigenvalue weighted by molar-refractivity contribution is 6.55. The van der Waals surface area contributed by atoms with Gasteiger partial charge in [0.2, 0.25) is 0 Å². The van der Waals surface area contributed by atoms with E-state index in [1.165, 1.54) is 6.92 Å². The molecular formula is C17H12Cl5NO4. The molecule has 0 aliphatic heterocycles. The summed E-state index contributed by atoms with van der Waals surface area (Å²) in [7, 11) is 0. The van der Waals surface area contributed by atoms with Crippen LogP contribution in [0.4, 0.5) is 4.79 Å². The van der Waals surface area contributed by atoms with Crippen molar-refractivity contribution in [2.45, 2.75) is 19.6 Å². The van der Waals surface area contributed by atoms with Gasteiger partial charge in [0.15, 0.2) is 5.75 Å². The molecule has 5 nitrogen and oxygen atoms in total. The average molecular weight is 472 g/mol. The molecule has 0 radical (unpaired) electrons. The maximum absolute atomic E-state index is 12.2. The number of benzene rings is 2. The summed E-state index contributed by atoms with van der Waals surface area (Å²) in [5.74, 6) is -1.11. The first-order valence-electron chi connectivity index (χ1n) is 7.42. The van der Waals surface area contributed by atoms with Crippen LogP contribution in [0.1, 0.15) is 12.5 Å². The Morgan fingerprint density at radius 3 is 2.00 bits per heavy atom. The Hall–Kier alpha value is -1.37. The van der Waals surface area contributed by atoms with Crippen molar-refractivity contribution in [1.82, 2.24) is 5.32 Å². The molecule has 0 saturated carbocycles. The predicted octanol–water partition coefficient (Wildman–Crippen LogP) is 6.17. The summed E-state index contributed by atoms with van der Waals surface area (Å²) in [5, 5.41) is 1.69. The largest absolute Gasteiger partial charge is 0.445 e. The van der Waals surface area contributed by atoms with Gasteiger partial charge in [0.25, 0.3) is 0 Å². The highest BCUT2D eigenvalue weighted by Gasteiger charge is 2.25. The number of esters is 1. The lowest BCUT2D eigenvalue weighted by Crippen LogP contribution is -2.41. The van der Waals surface area contributed by atoms with Crippen molar-refractivity contribution in [3.8, 4) is 5.75 Å². The number of amides is 1. The van der Waals surface area contributed by atoms with Crippen LogP contribution in [-0.2, 0) is 16.1 Å². The van der Waals surface area contributed by atoms with Crippen LogP contribution in [-0.4, -0.2) is 18.1 Å². The van der Waals surface area contributed by atoms with Crippen molar-refractivity contribution in [2.75, 3.05) is 0 Å². The van der Waals surface area contributed by atoms with Gasteiger partial charge < -0.3 is 14.8 Å². The van der Waals surface area contributed by atoms with Crippen molar-refractivity contribution in [2.24, 2.45) is 0 Å². The maximum atomic E-state index is 12.2. The van der Waals surface area contributed by atoms with Crippen molar-refractivity contribution in [1.29, 1.82) is 0 Å².